The Hall–Kier alpha value is -1.02. The summed E-state index contributed by atoms with van der Waals surface area (Å²) in [5, 5.41) is 6.77. The monoisotopic (exact) mass is 461 g/mol. The fraction of sp³-hybridized carbons (Fsp3) is 0.632. The lowest BCUT2D eigenvalue weighted by molar-refractivity contribution is 0.124. The third-order valence-corrected chi connectivity index (χ3v) is 4.96. The minimum Gasteiger partial charge on any atom is -0.497 e. The maximum atomic E-state index is 5.71. The summed E-state index contributed by atoms with van der Waals surface area (Å²) in [4.78, 5) is 4.28. The normalized spacial score (nSPS) is 15.7. The average Bonchev–Trinajstić information content (AvgIpc) is 2.59. The average molecular weight is 461 g/mol. The van der Waals surface area contributed by atoms with Gasteiger partial charge in [0.15, 0.2) is 5.96 Å². The number of rotatable bonds is 9. The maximum Gasteiger partial charge on any atom is 0.191 e. The van der Waals surface area contributed by atoms with Crippen LogP contribution in [0.3, 0.4) is 0 Å². The summed E-state index contributed by atoms with van der Waals surface area (Å²) in [6, 6.07) is 7.95. The molecule has 0 radical (unpaired) electrons. The highest BCUT2D eigenvalue weighted by molar-refractivity contribution is 14.0. The Kier molecular flexibility index (Phi) is 10.2. The molecule has 0 spiro atoms. The number of aliphatic imine (C=N–C) groups is 1. The zero-order valence-electron chi connectivity index (χ0n) is 15.6. The van der Waals surface area contributed by atoms with Crippen LogP contribution in [0.5, 0.6) is 5.75 Å². The van der Waals surface area contributed by atoms with Crippen LogP contribution in [0.2, 0.25) is 0 Å². The highest BCUT2D eigenvalue weighted by Crippen LogP contribution is 2.42. The first-order valence-electron chi connectivity index (χ1n) is 8.86. The molecule has 0 amide bonds. The first kappa shape index (κ1) is 22.0. The van der Waals surface area contributed by atoms with E-state index >= 15 is 0 Å². The Morgan fingerprint density at radius 3 is 2.68 bits per heavy atom. The van der Waals surface area contributed by atoms with Gasteiger partial charge >= 0.3 is 0 Å². The minimum atomic E-state index is 0. The smallest absolute Gasteiger partial charge is 0.191 e. The van der Waals surface area contributed by atoms with Gasteiger partial charge in [-0.25, -0.2) is 0 Å². The lowest BCUT2D eigenvalue weighted by atomic mass is 9.67. The van der Waals surface area contributed by atoms with Crippen molar-refractivity contribution in [3.63, 3.8) is 0 Å². The molecule has 2 rings (SSSR count). The molecule has 1 aliphatic rings. The van der Waals surface area contributed by atoms with E-state index in [0.717, 1.165) is 30.4 Å². The third-order valence-electron chi connectivity index (χ3n) is 4.96. The van der Waals surface area contributed by atoms with Crippen LogP contribution in [-0.4, -0.2) is 39.8 Å². The molecule has 1 aromatic carbocycles. The van der Waals surface area contributed by atoms with Gasteiger partial charge in [-0.15, -0.1) is 24.0 Å². The van der Waals surface area contributed by atoms with Gasteiger partial charge in [0.1, 0.15) is 5.75 Å². The highest BCUT2D eigenvalue weighted by Gasteiger charge is 2.34. The second-order valence-electron chi connectivity index (χ2n) is 6.46. The molecular weight excluding hydrogens is 429 g/mol. The summed E-state index contributed by atoms with van der Waals surface area (Å²) in [6.45, 7) is 5.25. The summed E-state index contributed by atoms with van der Waals surface area (Å²) >= 11 is 0. The zero-order chi connectivity index (χ0) is 17.3. The number of ether oxygens (including phenoxy) is 2. The van der Waals surface area contributed by atoms with Gasteiger partial charge in [0.05, 0.1) is 20.3 Å². The number of halogens is 1. The van der Waals surface area contributed by atoms with E-state index in [1.165, 1.54) is 25.7 Å². The van der Waals surface area contributed by atoms with Crippen molar-refractivity contribution >= 4 is 29.9 Å². The maximum absolute atomic E-state index is 5.71. The van der Waals surface area contributed by atoms with E-state index in [0.29, 0.717) is 18.6 Å². The van der Waals surface area contributed by atoms with E-state index in [1.807, 2.05) is 31.3 Å². The molecule has 1 aliphatic carbocycles. The molecule has 0 aromatic heterocycles. The van der Waals surface area contributed by atoms with Crippen molar-refractivity contribution in [1.29, 1.82) is 0 Å². The number of hydrogen-bond donors (Lipinski definition) is 2. The molecule has 0 unspecified atom stereocenters. The van der Waals surface area contributed by atoms with Crippen molar-refractivity contribution in [2.24, 2.45) is 10.4 Å². The predicted molar refractivity (Wildman–Crippen MR) is 114 cm³/mol. The first-order chi connectivity index (χ1) is 11.7. The molecule has 0 bridgehead atoms. The second-order valence-corrected chi connectivity index (χ2v) is 6.46. The number of methoxy groups -OCH3 is 1. The zero-order valence-corrected chi connectivity index (χ0v) is 18.0. The molecule has 0 aliphatic heterocycles. The van der Waals surface area contributed by atoms with Gasteiger partial charge in [0.2, 0.25) is 0 Å². The van der Waals surface area contributed by atoms with E-state index in [-0.39, 0.29) is 24.0 Å². The summed E-state index contributed by atoms with van der Waals surface area (Å²) in [6.07, 6.45) is 5.26. The summed E-state index contributed by atoms with van der Waals surface area (Å²) in [7, 11) is 3.49. The topological polar surface area (TPSA) is 54.9 Å². The van der Waals surface area contributed by atoms with E-state index in [4.69, 9.17) is 9.47 Å². The van der Waals surface area contributed by atoms with Gasteiger partial charge in [-0.3, -0.25) is 4.99 Å². The van der Waals surface area contributed by atoms with E-state index in [9.17, 15) is 0 Å². The van der Waals surface area contributed by atoms with Gasteiger partial charge < -0.3 is 20.1 Å². The van der Waals surface area contributed by atoms with Crippen LogP contribution < -0.4 is 15.4 Å². The molecule has 0 atom stereocenters. The Labute approximate surface area is 169 Å². The van der Waals surface area contributed by atoms with Gasteiger partial charge in [0, 0.05) is 20.1 Å². The Bertz CT molecular complexity index is 528. The highest BCUT2D eigenvalue weighted by atomic mass is 127. The van der Waals surface area contributed by atoms with Crippen LogP contribution in [0.4, 0.5) is 0 Å². The van der Waals surface area contributed by atoms with Crippen molar-refractivity contribution in [2.45, 2.75) is 39.2 Å². The largest absolute Gasteiger partial charge is 0.497 e. The lowest BCUT2D eigenvalue weighted by Gasteiger charge is -2.41. The second kappa shape index (κ2) is 11.6. The van der Waals surface area contributed by atoms with Crippen molar-refractivity contribution < 1.29 is 9.47 Å². The minimum absolute atomic E-state index is 0. The molecule has 25 heavy (non-hydrogen) atoms. The summed E-state index contributed by atoms with van der Waals surface area (Å²) in [5.74, 6) is 1.72. The first-order valence-corrected chi connectivity index (χ1v) is 8.86. The number of hydrogen-bond acceptors (Lipinski definition) is 3. The number of nitrogens with one attached hydrogen (secondary N) is 2. The molecule has 1 saturated carbocycles. The van der Waals surface area contributed by atoms with Gasteiger partial charge in [0.25, 0.3) is 0 Å². The molecule has 2 N–H and O–H groups in total. The van der Waals surface area contributed by atoms with Crippen molar-refractivity contribution in [3.8, 4) is 5.75 Å². The van der Waals surface area contributed by atoms with Crippen LogP contribution in [-0.2, 0) is 11.3 Å². The van der Waals surface area contributed by atoms with Gasteiger partial charge in [-0.05, 0) is 42.4 Å². The lowest BCUT2D eigenvalue weighted by Crippen LogP contribution is -2.46. The fourth-order valence-electron chi connectivity index (χ4n) is 3.02. The van der Waals surface area contributed by atoms with E-state index < -0.39 is 0 Å². The molecule has 0 saturated heterocycles. The Morgan fingerprint density at radius 1 is 1.28 bits per heavy atom. The van der Waals surface area contributed by atoms with Crippen LogP contribution in [0, 0.1) is 5.41 Å². The summed E-state index contributed by atoms with van der Waals surface area (Å²) in [5.41, 5.74) is 1.60. The van der Waals surface area contributed by atoms with Crippen LogP contribution in [0.1, 0.15) is 38.2 Å². The summed E-state index contributed by atoms with van der Waals surface area (Å²) < 4.78 is 10.9. The molecule has 6 heteroatoms. The SMILES string of the molecule is CCC1(CNC(=NC)NCCOCc2cccc(OC)c2)CCC1.I. The molecule has 0 heterocycles. The van der Waals surface area contributed by atoms with Crippen molar-refractivity contribution in [2.75, 3.05) is 33.9 Å². The molecule has 5 nitrogen and oxygen atoms in total. The van der Waals surface area contributed by atoms with Gasteiger partial charge in [-0.1, -0.05) is 25.5 Å². The van der Waals surface area contributed by atoms with Crippen molar-refractivity contribution in [3.05, 3.63) is 29.8 Å². The standard InChI is InChI=1S/C19H31N3O2.HI/c1-4-19(9-6-10-19)15-22-18(20-2)21-11-12-24-14-16-7-5-8-17(13-16)23-3;/h5,7-8,13H,4,6,9-12,14-15H2,1-3H3,(H2,20,21,22);1H. The quantitative estimate of drug-likeness (QED) is 0.256. The van der Waals surface area contributed by atoms with Gasteiger partial charge in [-0.2, -0.15) is 0 Å². The Morgan fingerprint density at radius 2 is 2.08 bits per heavy atom. The molecule has 142 valence electrons. The molecule has 1 fully saturated rings. The number of guanidine groups is 1. The predicted octanol–water partition coefficient (Wildman–Crippen LogP) is 3.58. The number of nitrogens with zero attached hydrogens (tertiary/aromatic N) is 1. The van der Waals surface area contributed by atoms with Crippen LogP contribution >= 0.6 is 24.0 Å². The molecule has 1 aromatic rings. The fourth-order valence-corrected chi connectivity index (χ4v) is 3.02. The third kappa shape index (κ3) is 7.01. The molecular formula is C19H32IN3O2. The van der Waals surface area contributed by atoms with E-state index in [2.05, 4.69) is 22.5 Å². The van der Waals surface area contributed by atoms with Crippen LogP contribution in [0.15, 0.2) is 29.3 Å². The Balaban J connectivity index is 0.00000312. The van der Waals surface area contributed by atoms with Crippen LogP contribution in [0.25, 0.3) is 0 Å². The van der Waals surface area contributed by atoms with E-state index in [1.54, 1.807) is 7.11 Å². The van der Waals surface area contributed by atoms with Crippen molar-refractivity contribution in [1.82, 2.24) is 10.6 Å². The number of benzene rings is 1.